The van der Waals surface area contributed by atoms with Crippen LogP contribution in [-0.4, -0.2) is 68.1 Å². The Morgan fingerprint density at radius 3 is 2.72 bits per heavy atom. The summed E-state index contributed by atoms with van der Waals surface area (Å²) in [6.45, 7) is 0.227. The van der Waals surface area contributed by atoms with Gasteiger partial charge in [-0.15, -0.1) is 5.10 Å². The molecular formula is C22H20N8O6. The van der Waals surface area contributed by atoms with Crippen molar-refractivity contribution in [3.63, 3.8) is 0 Å². The number of ether oxygens (including phenoxy) is 1. The van der Waals surface area contributed by atoms with Crippen molar-refractivity contribution in [2.75, 3.05) is 29.1 Å². The van der Waals surface area contributed by atoms with Gasteiger partial charge in [0.15, 0.2) is 29.4 Å². The van der Waals surface area contributed by atoms with Crippen LogP contribution >= 0.6 is 0 Å². The van der Waals surface area contributed by atoms with E-state index in [0.717, 1.165) is 5.69 Å². The number of benzene rings is 1. The number of hydrogen-bond acceptors (Lipinski definition) is 10. The molecule has 1 aromatic carbocycles. The number of aliphatic hydroxyl groups excluding tert-OH is 1. The lowest BCUT2D eigenvalue weighted by Gasteiger charge is -2.32. The molecule has 184 valence electrons. The Morgan fingerprint density at radius 1 is 1.19 bits per heavy atom. The number of hydrogen-bond donors (Lipinski definition) is 4. The van der Waals surface area contributed by atoms with Crippen LogP contribution in [0.25, 0.3) is 16.7 Å². The van der Waals surface area contributed by atoms with Gasteiger partial charge >= 0.3 is 0 Å². The van der Waals surface area contributed by atoms with E-state index in [-0.39, 0.29) is 35.8 Å². The van der Waals surface area contributed by atoms with Crippen LogP contribution in [0.5, 0.6) is 0 Å². The molecule has 0 saturated carbocycles. The number of carbonyl (C=O) groups is 3. The van der Waals surface area contributed by atoms with Crippen molar-refractivity contribution in [1.82, 2.24) is 19.9 Å². The summed E-state index contributed by atoms with van der Waals surface area (Å²) in [5, 5.41) is 21.4. The van der Waals surface area contributed by atoms with Crippen molar-refractivity contribution in [1.29, 1.82) is 0 Å². The highest BCUT2D eigenvalue weighted by Crippen LogP contribution is 2.30. The lowest BCUT2D eigenvalue weighted by molar-refractivity contribution is -0.150. The van der Waals surface area contributed by atoms with Crippen LogP contribution in [0.1, 0.15) is 10.4 Å². The minimum absolute atomic E-state index is 0.0201. The number of aliphatic hydroxyl groups is 1. The molecule has 2 atom stereocenters. The third kappa shape index (κ3) is 3.99. The molecule has 0 bridgehead atoms. The largest absolute Gasteiger partial charge is 0.380 e. The second-order valence-electron chi connectivity index (χ2n) is 7.84. The van der Waals surface area contributed by atoms with Gasteiger partial charge in [0.2, 0.25) is 0 Å². The van der Waals surface area contributed by atoms with Gasteiger partial charge in [-0.1, -0.05) is 5.16 Å². The molecule has 5 rings (SSSR count). The molecule has 0 radical (unpaired) electrons. The van der Waals surface area contributed by atoms with Gasteiger partial charge in [-0.05, 0) is 24.3 Å². The number of nitrogens with two attached hydrogens (primary N) is 2. The van der Waals surface area contributed by atoms with Crippen molar-refractivity contribution in [2.24, 2.45) is 5.73 Å². The maximum Gasteiger partial charge on any atom is 0.260 e. The molecule has 4 heterocycles. The van der Waals surface area contributed by atoms with Crippen molar-refractivity contribution in [2.45, 2.75) is 12.2 Å². The fraction of sp³-hybridized carbons (Fsp3) is 0.182. The van der Waals surface area contributed by atoms with Gasteiger partial charge in [-0.2, -0.15) is 0 Å². The number of morpholine rings is 1. The Bertz CT molecular complexity index is 1470. The standard InChI is InChI=1S/C22H20N8O6/c23-19-12-1-2-13(15(20(24)32)17(12)36-28-19)26-21(33)16(31)18-22(34)29(9-10-35-18)14-5-8-30(27-14)11-3-6-25-7-4-11/h1-8,16,18,31H,9-10H2,(H2,23,28)(H2,24,32)(H,26,33)/t16-,18-/m1/s1. The third-order valence-electron chi connectivity index (χ3n) is 5.63. The molecule has 4 aromatic rings. The van der Waals surface area contributed by atoms with E-state index in [1.807, 2.05) is 0 Å². The Labute approximate surface area is 202 Å². The van der Waals surface area contributed by atoms with Crippen LogP contribution < -0.4 is 21.7 Å². The van der Waals surface area contributed by atoms with Gasteiger partial charge in [0.1, 0.15) is 5.56 Å². The fourth-order valence-electron chi connectivity index (χ4n) is 3.87. The predicted molar refractivity (Wildman–Crippen MR) is 125 cm³/mol. The summed E-state index contributed by atoms with van der Waals surface area (Å²) in [6.07, 6.45) is 1.48. The average molecular weight is 492 g/mol. The van der Waals surface area contributed by atoms with Crippen LogP contribution in [0.4, 0.5) is 17.3 Å². The molecule has 0 spiro atoms. The molecule has 1 aliphatic rings. The third-order valence-corrected chi connectivity index (χ3v) is 5.63. The van der Waals surface area contributed by atoms with Crippen LogP contribution in [0.2, 0.25) is 0 Å². The smallest absolute Gasteiger partial charge is 0.260 e. The Balaban J connectivity index is 1.35. The van der Waals surface area contributed by atoms with Gasteiger partial charge < -0.3 is 31.2 Å². The number of primary amides is 1. The molecule has 3 aromatic heterocycles. The van der Waals surface area contributed by atoms with Gasteiger partial charge in [0.05, 0.1) is 29.9 Å². The lowest BCUT2D eigenvalue weighted by Crippen LogP contribution is -2.55. The SMILES string of the molecule is NC(=O)c1c(NC(=O)[C@H](O)[C@H]2OCCN(c3ccn(-c4ccncc4)n3)C2=O)ccc2c(N)noc12. The van der Waals surface area contributed by atoms with Crippen LogP contribution in [0.3, 0.4) is 0 Å². The Hall–Kier alpha value is -4.82. The van der Waals surface area contributed by atoms with E-state index in [0.29, 0.717) is 11.2 Å². The molecule has 36 heavy (non-hydrogen) atoms. The van der Waals surface area contributed by atoms with Crippen molar-refractivity contribution >= 4 is 46.0 Å². The normalized spacial score (nSPS) is 16.8. The van der Waals surface area contributed by atoms with Gasteiger partial charge in [0, 0.05) is 24.7 Å². The number of nitrogens with zero attached hydrogens (tertiary/aromatic N) is 5. The maximum absolute atomic E-state index is 13.1. The Morgan fingerprint density at radius 2 is 1.97 bits per heavy atom. The second kappa shape index (κ2) is 9.09. The predicted octanol–water partition coefficient (Wildman–Crippen LogP) is -0.179. The van der Waals surface area contributed by atoms with Crippen LogP contribution in [0, 0.1) is 0 Å². The van der Waals surface area contributed by atoms with Crippen molar-refractivity contribution in [3.05, 3.63) is 54.5 Å². The molecule has 1 saturated heterocycles. The topological polar surface area (TPSA) is 205 Å². The molecule has 14 nitrogen and oxygen atoms in total. The summed E-state index contributed by atoms with van der Waals surface area (Å²) in [7, 11) is 0. The summed E-state index contributed by atoms with van der Waals surface area (Å²) < 4.78 is 12.1. The highest BCUT2D eigenvalue weighted by molar-refractivity contribution is 6.13. The maximum atomic E-state index is 13.1. The molecule has 0 unspecified atom stereocenters. The number of pyridine rings is 1. The van der Waals surface area contributed by atoms with E-state index < -0.39 is 29.9 Å². The highest BCUT2D eigenvalue weighted by atomic mass is 16.5. The van der Waals surface area contributed by atoms with Crippen LogP contribution in [0.15, 0.2) is 53.4 Å². The zero-order valence-electron chi connectivity index (χ0n) is 18.6. The number of anilines is 3. The van der Waals surface area contributed by atoms with Crippen molar-refractivity contribution < 1.29 is 28.8 Å². The average Bonchev–Trinajstić information content (AvgIpc) is 3.51. The molecule has 0 aliphatic carbocycles. The highest BCUT2D eigenvalue weighted by Gasteiger charge is 2.40. The molecule has 6 N–H and O–H groups in total. The minimum Gasteiger partial charge on any atom is -0.380 e. The first-order chi connectivity index (χ1) is 17.3. The summed E-state index contributed by atoms with van der Waals surface area (Å²) >= 11 is 0. The Kier molecular flexibility index (Phi) is 5.79. The van der Waals surface area contributed by atoms with Crippen LogP contribution in [-0.2, 0) is 14.3 Å². The molecule has 14 heteroatoms. The zero-order chi connectivity index (χ0) is 25.4. The van der Waals surface area contributed by atoms with Crippen molar-refractivity contribution in [3.8, 4) is 5.69 Å². The fourth-order valence-corrected chi connectivity index (χ4v) is 3.87. The lowest BCUT2D eigenvalue weighted by atomic mass is 10.1. The number of amides is 3. The summed E-state index contributed by atoms with van der Waals surface area (Å²) in [5.41, 5.74) is 11.6. The summed E-state index contributed by atoms with van der Waals surface area (Å²) in [4.78, 5) is 43.3. The number of aromatic nitrogens is 4. The first kappa shape index (κ1) is 22.9. The second-order valence-corrected chi connectivity index (χ2v) is 7.84. The van der Waals surface area contributed by atoms with E-state index in [9.17, 15) is 19.5 Å². The summed E-state index contributed by atoms with van der Waals surface area (Å²) in [5.74, 6) is -2.20. The first-order valence-corrected chi connectivity index (χ1v) is 10.7. The molecule has 1 fully saturated rings. The summed E-state index contributed by atoms with van der Waals surface area (Å²) in [6, 6.07) is 7.96. The number of fused-ring (bicyclic) bond motifs is 1. The van der Waals surface area contributed by atoms with E-state index in [1.165, 1.54) is 17.0 Å². The van der Waals surface area contributed by atoms with Gasteiger partial charge in [-0.3, -0.25) is 24.3 Å². The number of nitrogens with one attached hydrogen (secondary N) is 1. The minimum atomic E-state index is -1.90. The van der Waals surface area contributed by atoms with Gasteiger partial charge in [0.25, 0.3) is 17.7 Å². The van der Waals surface area contributed by atoms with E-state index in [4.69, 9.17) is 20.7 Å². The van der Waals surface area contributed by atoms with E-state index >= 15 is 0 Å². The molecular weight excluding hydrogens is 472 g/mol. The zero-order valence-corrected chi connectivity index (χ0v) is 18.6. The first-order valence-electron chi connectivity index (χ1n) is 10.7. The number of carbonyl (C=O) groups excluding carboxylic acids is 3. The molecule has 1 aliphatic heterocycles. The van der Waals surface area contributed by atoms with E-state index in [1.54, 1.807) is 41.5 Å². The van der Waals surface area contributed by atoms with E-state index in [2.05, 4.69) is 20.6 Å². The van der Waals surface area contributed by atoms with Gasteiger partial charge in [-0.25, -0.2) is 4.68 Å². The number of rotatable bonds is 6. The number of nitrogen functional groups attached to an aromatic ring is 1. The monoisotopic (exact) mass is 492 g/mol. The quantitative estimate of drug-likeness (QED) is 0.279. The molecule has 3 amide bonds.